The average Bonchev–Trinajstić information content (AvgIpc) is 2.49. The predicted octanol–water partition coefficient (Wildman–Crippen LogP) is -0.794. The largest absolute Gasteiger partial charge is 0.463 e. The number of esters is 4. The quantitative estimate of drug-likeness (QED) is 0.453. The zero-order chi connectivity index (χ0) is 20.7. The SMILES string of the molecule is CC(=O)N[C@@H]1[C@@H](OC(C)=O)O[C@H](COC(C)=O)[C@H](OC(C)=O)[C@@H]1OC(C)=O. The molecule has 0 aromatic carbocycles. The van der Waals surface area contributed by atoms with Crippen LogP contribution in [-0.2, 0) is 47.7 Å². The summed E-state index contributed by atoms with van der Waals surface area (Å²) < 4.78 is 25.9. The van der Waals surface area contributed by atoms with Gasteiger partial charge in [-0.1, -0.05) is 0 Å². The normalized spacial score (nSPS) is 27.1. The Bertz CT molecular complexity index is 604. The monoisotopic (exact) mass is 389 g/mol. The fraction of sp³-hybridized carbons (Fsp3) is 0.688. The summed E-state index contributed by atoms with van der Waals surface area (Å²) in [6.45, 7) is 5.36. The molecule has 27 heavy (non-hydrogen) atoms. The van der Waals surface area contributed by atoms with Crippen molar-refractivity contribution in [1.29, 1.82) is 0 Å². The predicted molar refractivity (Wildman–Crippen MR) is 85.8 cm³/mol. The first-order chi connectivity index (χ1) is 12.5. The molecule has 1 saturated heterocycles. The molecule has 0 radical (unpaired) electrons. The molecule has 0 spiro atoms. The van der Waals surface area contributed by atoms with E-state index in [4.69, 9.17) is 23.7 Å². The Balaban J connectivity index is 3.29. The van der Waals surface area contributed by atoms with Crippen molar-refractivity contribution in [2.45, 2.75) is 65.3 Å². The second kappa shape index (κ2) is 9.86. The highest BCUT2D eigenvalue weighted by molar-refractivity contribution is 5.74. The lowest BCUT2D eigenvalue weighted by Crippen LogP contribution is -2.66. The molecule has 0 bridgehead atoms. The van der Waals surface area contributed by atoms with Gasteiger partial charge in [0.25, 0.3) is 0 Å². The van der Waals surface area contributed by atoms with Crippen molar-refractivity contribution in [3.8, 4) is 0 Å². The van der Waals surface area contributed by atoms with Crippen molar-refractivity contribution in [2.24, 2.45) is 0 Å². The van der Waals surface area contributed by atoms with Crippen molar-refractivity contribution in [2.75, 3.05) is 6.61 Å². The summed E-state index contributed by atoms with van der Waals surface area (Å²) in [6.07, 6.45) is -4.97. The van der Waals surface area contributed by atoms with Gasteiger partial charge in [-0.2, -0.15) is 0 Å². The van der Waals surface area contributed by atoms with Gasteiger partial charge in [-0.05, 0) is 0 Å². The summed E-state index contributed by atoms with van der Waals surface area (Å²) in [5, 5.41) is 2.46. The van der Waals surface area contributed by atoms with Gasteiger partial charge < -0.3 is 29.0 Å². The van der Waals surface area contributed by atoms with Gasteiger partial charge in [0.1, 0.15) is 18.8 Å². The minimum Gasteiger partial charge on any atom is -0.463 e. The molecule has 1 heterocycles. The Hall–Kier alpha value is -2.69. The van der Waals surface area contributed by atoms with Gasteiger partial charge in [0.2, 0.25) is 12.2 Å². The minimum absolute atomic E-state index is 0.365. The van der Waals surface area contributed by atoms with Crippen LogP contribution in [-0.4, -0.2) is 67.0 Å². The highest BCUT2D eigenvalue weighted by atomic mass is 16.7. The van der Waals surface area contributed by atoms with E-state index in [1.165, 1.54) is 6.92 Å². The zero-order valence-corrected chi connectivity index (χ0v) is 15.7. The number of ether oxygens (including phenoxy) is 5. The lowest BCUT2D eigenvalue weighted by molar-refractivity contribution is -0.270. The summed E-state index contributed by atoms with van der Waals surface area (Å²) in [5.74, 6) is -3.34. The molecule has 0 saturated carbocycles. The van der Waals surface area contributed by atoms with E-state index >= 15 is 0 Å². The maximum Gasteiger partial charge on any atom is 0.305 e. The molecule has 0 aliphatic carbocycles. The first-order valence-corrected chi connectivity index (χ1v) is 8.08. The van der Waals surface area contributed by atoms with E-state index in [0.29, 0.717) is 0 Å². The van der Waals surface area contributed by atoms with Crippen molar-refractivity contribution in [3.63, 3.8) is 0 Å². The van der Waals surface area contributed by atoms with Gasteiger partial charge in [-0.25, -0.2) is 0 Å². The maximum atomic E-state index is 11.6. The van der Waals surface area contributed by atoms with Crippen LogP contribution in [0.2, 0.25) is 0 Å². The molecular formula is C16H23NO10. The Morgan fingerprint density at radius 3 is 1.74 bits per heavy atom. The molecule has 1 N–H and O–H groups in total. The molecule has 11 heteroatoms. The fourth-order valence-electron chi connectivity index (χ4n) is 2.55. The topological polar surface area (TPSA) is 144 Å². The Labute approximate surface area is 155 Å². The molecule has 1 rings (SSSR count). The lowest BCUT2D eigenvalue weighted by Gasteiger charge is -2.44. The number of rotatable bonds is 6. The fourth-order valence-corrected chi connectivity index (χ4v) is 2.55. The Morgan fingerprint density at radius 1 is 0.778 bits per heavy atom. The third-order valence-corrected chi connectivity index (χ3v) is 3.35. The number of nitrogens with one attached hydrogen (secondary N) is 1. The molecule has 152 valence electrons. The molecular weight excluding hydrogens is 366 g/mol. The van der Waals surface area contributed by atoms with Crippen molar-refractivity contribution in [3.05, 3.63) is 0 Å². The number of carbonyl (C=O) groups is 5. The number of hydrogen-bond acceptors (Lipinski definition) is 10. The van der Waals surface area contributed by atoms with E-state index < -0.39 is 60.4 Å². The summed E-state index contributed by atoms with van der Waals surface area (Å²) in [7, 11) is 0. The van der Waals surface area contributed by atoms with Gasteiger partial charge in [0.15, 0.2) is 12.2 Å². The van der Waals surface area contributed by atoms with Crippen LogP contribution < -0.4 is 5.32 Å². The van der Waals surface area contributed by atoms with Gasteiger partial charge in [-0.15, -0.1) is 0 Å². The van der Waals surface area contributed by atoms with Crippen LogP contribution >= 0.6 is 0 Å². The van der Waals surface area contributed by atoms with E-state index in [0.717, 1.165) is 27.7 Å². The van der Waals surface area contributed by atoms with E-state index in [9.17, 15) is 24.0 Å². The van der Waals surface area contributed by atoms with Crippen LogP contribution in [0.15, 0.2) is 0 Å². The summed E-state index contributed by atoms with van der Waals surface area (Å²) in [4.78, 5) is 57.2. The average molecular weight is 389 g/mol. The maximum absolute atomic E-state index is 11.6. The molecule has 0 aromatic rings. The standard InChI is InChI=1S/C16H23NO10/c1-7(18)17-13-15(25-10(4)21)14(24-9(3)20)12(6-23-8(2)19)27-16(13)26-11(5)22/h12-16H,6H2,1-5H3,(H,17,18)/t12-,13+,14+,15-,16+/m1/s1. The molecule has 1 amide bonds. The van der Waals surface area contributed by atoms with E-state index in [1.54, 1.807) is 0 Å². The highest BCUT2D eigenvalue weighted by Crippen LogP contribution is 2.28. The van der Waals surface area contributed by atoms with Crippen molar-refractivity contribution >= 4 is 29.8 Å². The van der Waals surface area contributed by atoms with Gasteiger partial charge in [-0.3, -0.25) is 24.0 Å². The van der Waals surface area contributed by atoms with Crippen LogP contribution in [0, 0.1) is 0 Å². The second-order valence-corrected chi connectivity index (χ2v) is 5.83. The second-order valence-electron chi connectivity index (χ2n) is 5.83. The van der Waals surface area contributed by atoms with Crippen molar-refractivity contribution < 1.29 is 47.7 Å². The molecule has 11 nitrogen and oxygen atoms in total. The Kier molecular flexibility index (Phi) is 8.16. The van der Waals surface area contributed by atoms with Crippen LogP contribution in [0.1, 0.15) is 34.6 Å². The summed E-state index contributed by atoms with van der Waals surface area (Å²) >= 11 is 0. The third kappa shape index (κ3) is 7.21. The molecule has 1 aliphatic heterocycles. The Morgan fingerprint density at radius 2 is 1.30 bits per heavy atom. The molecule has 5 atom stereocenters. The molecule has 0 aromatic heterocycles. The van der Waals surface area contributed by atoms with Crippen LogP contribution in [0.3, 0.4) is 0 Å². The highest BCUT2D eigenvalue weighted by Gasteiger charge is 2.52. The zero-order valence-electron chi connectivity index (χ0n) is 15.7. The minimum atomic E-state index is -1.37. The van der Waals surface area contributed by atoms with Gasteiger partial charge >= 0.3 is 23.9 Å². The van der Waals surface area contributed by atoms with E-state index in [1.807, 2.05) is 0 Å². The van der Waals surface area contributed by atoms with Crippen LogP contribution in [0.4, 0.5) is 0 Å². The lowest BCUT2D eigenvalue weighted by atomic mass is 9.96. The van der Waals surface area contributed by atoms with E-state index in [-0.39, 0.29) is 6.61 Å². The first kappa shape index (κ1) is 22.4. The molecule has 0 unspecified atom stereocenters. The van der Waals surface area contributed by atoms with Crippen molar-refractivity contribution in [1.82, 2.24) is 5.32 Å². The smallest absolute Gasteiger partial charge is 0.305 e. The van der Waals surface area contributed by atoms with Gasteiger partial charge in [0, 0.05) is 34.6 Å². The number of carbonyl (C=O) groups excluding carboxylic acids is 5. The van der Waals surface area contributed by atoms with Crippen LogP contribution in [0.25, 0.3) is 0 Å². The number of amides is 1. The van der Waals surface area contributed by atoms with E-state index in [2.05, 4.69) is 5.32 Å². The summed E-state index contributed by atoms with van der Waals surface area (Å²) in [6, 6.07) is -1.16. The van der Waals surface area contributed by atoms with Gasteiger partial charge in [0.05, 0.1) is 0 Å². The molecule has 1 aliphatic rings. The summed E-state index contributed by atoms with van der Waals surface area (Å²) in [5.41, 5.74) is 0. The van der Waals surface area contributed by atoms with Crippen LogP contribution in [0.5, 0.6) is 0 Å². The number of hydrogen-bond donors (Lipinski definition) is 1. The molecule has 1 fully saturated rings. The first-order valence-electron chi connectivity index (χ1n) is 8.08. The third-order valence-electron chi connectivity index (χ3n) is 3.35.